The van der Waals surface area contributed by atoms with Gasteiger partial charge in [-0.05, 0) is 29.9 Å². The van der Waals surface area contributed by atoms with Gasteiger partial charge in [0.05, 0.1) is 11.0 Å². The van der Waals surface area contributed by atoms with Crippen molar-refractivity contribution in [2.24, 2.45) is 10.9 Å². The molecule has 0 radical (unpaired) electrons. The van der Waals surface area contributed by atoms with Crippen molar-refractivity contribution >= 4 is 11.9 Å². The summed E-state index contributed by atoms with van der Waals surface area (Å²) in [6.45, 7) is 4.30. The summed E-state index contributed by atoms with van der Waals surface area (Å²) in [6, 6.07) is 4.42. The zero-order valence-corrected chi connectivity index (χ0v) is 13.2. The predicted octanol–water partition coefficient (Wildman–Crippen LogP) is 3.84. The van der Waals surface area contributed by atoms with E-state index in [2.05, 4.69) is 18.8 Å². The van der Waals surface area contributed by atoms with Crippen LogP contribution in [0.5, 0.6) is 0 Å². The van der Waals surface area contributed by atoms with Crippen LogP contribution in [0, 0.1) is 16.0 Å². The lowest BCUT2D eigenvalue weighted by molar-refractivity contribution is -0.384. The Kier molecular flexibility index (Phi) is 5.66. The zero-order valence-electron chi connectivity index (χ0n) is 13.2. The van der Waals surface area contributed by atoms with Gasteiger partial charge in [-0.25, -0.2) is 0 Å². The van der Waals surface area contributed by atoms with Crippen LogP contribution < -0.4 is 0 Å². The van der Waals surface area contributed by atoms with Gasteiger partial charge in [-0.3, -0.25) is 15.1 Å². The first kappa shape index (κ1) is 16.6. The Morgan fingerprint density at radius 2 is 2.27 bits per heavy atom. The average Bonchev–Trinajstić information content (AvgIpc) is 2.82. The number of nitro groups is 1. The van der Waals surface area contributed by atoms with Crippen LogP contribution in [-0.2, 0) is 6.42 Å². The summed E-state index contributed by atoms with van der Waals surface area (Å²) >= 11 is 0. The lowest BCUT2D eigenvalue weighted by Crippen LogP contribution is -2.12. The van der Waals surface area contributed by atoms with Crippen LogP contribution >= 0.6 is 0 Å². The van der Waals surface area contributed by atoms with Crippen molar-refractivity contribution in [1.82, 2.24) is 0 Å². The number of non-ortho nitro benzene ring substituents is 1. The molecular formula is C17H24N2O3. The Bertz CT molecular complexity index is 557. The average molecular weight is 304 g/mol. The maximum Gasteiger partial charge on any atom is 0.269 e. The van der Waals surface area contributed by atoms with E-state index in [0.717, 1.165) is 30.4 Å². The van der Waals surface area contributed by atoms with Crippen LogP contribution in [0.1, 0.15) is 56.7 Å². The SMILES string of the molecule is CCCC[C@@H](C=N[C@H]1c2cc([N+](=O)[O-])ccc2C[C@@H]1O)CC. The number of rotatable bonds is 7. The van der Waals surface area contributed by atoms with Gasteiger partial charge >= 0.3 is 0 Å². The molecule has 1 aromatic rings. The summed E-state index contributed by atoms with van der Waals surface area (Å²) in [5.41, 5.74) is 1.82. The van der Waals surface area contributed by atoms with E-state index in [-0.39, 0.29) is 11.7 Å². The van der Waals surface area contributed by atoms with Crippen LogP contribution in [0.2, 0.25) is 0 Å². The van der Waals surface area contributed by atoms with Crippen LogP contribution in [-0.4, -0.2) is 22.3 Å². The highest BCUT2D eigenvalue weighted by Gasteiger charge is 2.32. The van der Waals surface area contributed by atoms with Gasteiger partial charge in [-0.1, -0.05) is 32.8 Å². The number of hydrogen-bond donors (Lipinski definition) is 1. The summed E-state index contributed by atoms with van der Waals surface area (Å²) in [4.78, 5) is 15.1. The number of nitrogens with zero attached hydrogens (tertiary/aromatic N) is 2. The number of fused-ring (bicyclic) bond motifs is 1. The molecule has 0 fully saturated rings. The molecule has 0 aliphatic heterocycles. The molecule has 0 aromatic heterocycles. The number of nitro benzene ring substituents is 1. The minimum Gasteiger partial charge on any atom is -0.390 e. The predicted molar refractivity (Wildman–Crippen MR) is 87.3 cm³/mol. The van der Waals surface area contributed by atoms with Gasteiger partial charge in [0.1, 0.15) is 6.04 Å². The molecule has 0 saturated heterocycles. The maximum atomic E-state index is 10.9. The van der Waals surface area contributed by atoms with Gasteiger partial charge in [0.15, 0.2) is 0 Å². The second kappa shape index (κ2) is 7.49. The molecule has 1 aliphatic rings. The maximum absolute atomic E-state index is 10.9. The first-order valence-electron chi connectivity index (χ1n) is 8.05. The fraction of sp³-hybridized carbons (Fsp3) is 0.588. The minimum atomic E-state index is -0.586. The molecule has 22 heavy (non-hydrogen) atoms. The lowest BCUT2D eigenvalue weighted by atomic mass is 10.0. The van der Waals surface area contributed by atoms with Crippen molar-refractivity contribution in [3.05, 3.63) is 39.4 Å². The highest BCUT2D eigenvalue weighted by molar-refractivity contribution is 5.62. The van der Waals surface area contributed by atoms with Crippen LogP contribution in [0.4, 0.5) is 5.69 Å². The van der Waals surface area contributed by atoms with E-state index in [0.29, 0.717) is 12.3 Å². The zero-order chi connectivity index (χ0) is 16.1. The number of aliphatic imine (C=N–C) groups is 1. The number of unbranched alkanes of at least 4 members (excludes halogenated alkanes) is 1. The van der Waals surface area contributed by atoms with E-state index in [1.54, 1.807) is 12.1 Å². The Balaban J connectivity index is 2.18. The van der Waals surface area contributed by atoms with Gasteiger partial charge in [0.25, 0.3) is 5.69 Å². The van der Waals surface area contributed by atoms with Gasteiger partial charge in [-0.2, -0.15) is 0 Å². The fourth-order valence-corrected chi connectivity index (χ4v) is 2.95. The fourth-order valence-electron chi connectivity index (χ4n) is 2.95. The number of benzene rings is 1. The highest BCUT2D eigenvalue weighted by Crippen LogP contribution is 2.36. The van der Waals surface area contributed by atoms with Crippen LogP contribution in [0.3, 0.4) is 0 Å². The summed E-state index contributed by atoms with van der Waals surface area (Å²) in [7, 11) is 0. The van der Waals surface area contributed by atoms with Crippen molar-refractivity contribution in [2.45, 2.75) is 58.1 Å². The molecule has 3 atom stereocenters. The molecule has 0 heterocycles. The minimum absolute atomic E-state index is 0.0612. The van der Waals surface area contributed by atoms with Gasteiger partial charge in [-0.15, -0.1) is 0 Å². The molecule has 0 bridgehead atoms. The molecule has 5 heteroatoms. The van der Waals surface area contributed by atoms with Crippen molar-refractivity contribution in [3.63, 3.8) is 0 Å². The third kappa shape index (κ3) is 3.71. The smallest absolute Gasteiger partial charge is 0.269 e. The molecule has 2 rings (SSSR count). The number of aliphatic hydroxyl groups is 1. The Hall–Kier alpha value is -1.75. The van der Waals surface area contributed by atoms with E-state index in [9.17, 15) is 15.2 Å². The second-order valence-electron chi connectivity index (χ2n) is 5.97. The third-order valence-corrected chi connectivity index (χ3v) is 4.36. The first-order valence-corrected chi connectivity index (χ1v) is 8.05. The van der Waals surface area contributed by atoms with Gasteiger partial charge in [0, 0.05) is 24.8 Å². The summed E-state index contributed by atoms with van der Waals surface area (Å²) in [5.74, 6) is 0.412. The highest BCUT2D eigenvalue weighted by atomic mass is 16.6. The van der Waals surface area contributed by atoms with Crippen molar-refractivity contribution in [2.75, 3.05) is 0 Å². The van der Waals surface area contributed by atoms with E-state index < -0.39 is 11.0 Å². The second-order valence-corrected chi connectivity index (χ2v) is 5.97. The molecule has 1 aliphatic carbocycles. The summed E-state index contributed by atoms with van der Waals surface area (Å²) in [5, 5.41) is 21.1. The summed E-state index contributed by atoms with van der Waals surface area (Å²) < 4.78 is 0. The quantitative estimate of drug-likeness (QED) is 0.472. The van der Waals surface area contributed by atoms with E-state index >= 15 is 0 Å². The number of hydrogen-bond acceptors (Lipinski definition) is 4. The molecule has 1 N–H and O–H groups in total. The standard InChI is InChI=1S/C17H24N2O3/c1-3-5-6-12(4-2)11-18-17-15-10-14(19(21)22)8-7-13(15)9-16(17)20/h7-8,10-12,16-17,20H,3-6,9H2,1-2H3/t12-,16-,17-/m0/s1. The topological polar surface area (TPSA) is 75.7 Å². The Morgan fingerprint density at radius 1 is 1.50 bits per heavy atom. The molecular weight excluding hydrogens is 280 g/mol. The third-order valence-electron chi connectivity index (χ3n) is 4.36. The van der Waals surface area contributed by atoms with Gasteiger partial charge < -0.3 is 5.11 Å². The molecule has 0 saturated carbocycles. The van der Waals surface area contributed by atoms with E-state index in [1.165, 1.54) is 12.5 Å². The van der Waals surface area contributed by atoms with E-state index in [1.807, 2.05) is 6.21 Å². The molecule has 120 valence electrons. The van der Waals surface area contributed by atoms with Crippen LogP contribution in [0.15, 0.2) is 23.2 Å². The molecule has 1 aromatic carbocycles. The van der Waals surface area contributed by atoms with Crippen LogP contribution in [0.25, 0.3) is 0 Å². The van der Waals surface area contributed by atoms with Crippen molar-refractivity contribution in [1.29, 1.82) is 0 Å². The van der Waals surface area contributed by atoms with Crippen molar-refractivity contribution < 1.29 is 10.0 Å². The van der Waals surface area contributed by atoms with Crippen molar-refractivity contribution in [3.8, 4) is 0 Å². The summed E-state index contributed by atoms with van der Waals surface area (Å²) in [6.07, 6.45) is 6.32. The normalized spacial score (nSPS) is 22.0. The molecule has 0 amide bonds. The Morgan fingerprint density at radius 3 is 2.91 bits per heavy atom. The first-order chi connectivity index (χ1) is 10.6. The van der Waals surface area contributed by atoms with E-state index in [4.69, 9.17) is 0 Å². The molecule has 0 unspecified atom stereocenters. The largest absolute Gasteiger partial charge is 0.390 e. The molecule has 0 spiro atoms. The lowest BCUT2D eigenvalue weighted by Gasteiger charge is -2.13. The monoisotopic (exact) mass is 304 g/mol. The Labute approximate surface area is 131 Å². The van der Waals surface area contributed by atoms with Gasteiger partial charge in [0.2, 0.25) is 0 Å². The number of aliphatic hydroxyl groups excluding tert-OH is 1. The molecule has 5 nitrogen and oxygen atoms in total.